The van der Waals surface area contributed by atoms with Crippen LogP contribution in [0.4, 0.5) is 16.3 Å². The van der Waals surface area contributed by atoms with Crippen molar-refractivity contribution in [1.82, 2.24) is 9.97 Å². The Kier molecular flexibility index (Phi) is 4.73. The number of anilines is 2. The minimum atomic E-state index is -0.369. The number of hydrogen-bond acceptors (Lipinski definition) is 3. The van der Waals surface area contributed by atoms with Gasteiger partial charge in [0, 0.05) is 0 Å². The lowest BCUT2D eigenvalue weighted by Crippen LogP contribution is -2.35. The van der Waals surface area contributed by atoms with Gasteiger partial charge in [-0.3, -0.25) is 10.2 Å². The number of carbonyl (C=O) groups is 1. The van der Waals surface area contributed by atoms with Crippen LogP contribution in [0.5, 0.6) is 0 Å². The van der Waals surface area contributed by atoms with Gasteiger partial charge in [0.25, 0.3) is 0 Å². The Labute approximate surface area is 117 Å². The molecule has 106 valence electrons. The van der Waals surface area contributed by atoms with Gasteiger partial charge in [-0.2, -0.15) is 5.06 Å². The van der Waals surface area contributed by atoms with Crippen molar-refractivity contribution in [2.45, 2.75) is 20.3 Å². The van der Waals surface area contributed by atoms with Crippen molar-refractivity contribution in [1.29, 1.82) is 0 Å². The van der Waals surface area contributed by atoms with E-state index in [0.29, 0.717) is 18.1 Å². The van der Waals surface area contributed by atoms with E-state index < -0.39 is 0 Å². The standard InChI is InChI=1S/C14H18N4O2/c1-3-8-20-18(12-6-4-11(2)5-7-12)14(19)17-13-9-15-10-16-13/h4-7,9-10H,3,8H2,1-2H3,(H,15,16)(H,17,19). The first-order chi connectivity index (χ1) is 9.70. The third-order valence-corrected chi connectivity index (χ3v) is 2.62. The first kappa shape index (κ1) is 14.1. The smallest absolute Gasteiger partial charge is 0.331 e. The number of rotatable bonds is 5. The van der Waals surface area contributed by atoms with Gasteiger partial charge >= 0.3 is 6.03 Å². The topological polar surface area (TPSA) is 70.2 Å². The fraction of sp³-hybridized carbons (Fsp3) is 0.286. The van der Waals surface area contributed by atoms with E-state index in [0.717, 1.165) is 12.0 Å². The summed E-state index contributed by atoms with van der Waals surface area (Å²) in [5.41, 5.74) is 1.80. The van der Waals surface area contributed by atoms with E-state index in [-0.39, 0.29) is 6.03 Å². The summed E-state index contributed by atoms with van der Waals surface area (Å²) in [6.45, 7) is 4.44. The van der Waals surface area contributed by atoms with Gasteiger partial charge in [-0.25, -0.2) is 9.78 Å². The highest BCUT2D eigenvalue weighted by molar-refractivity contribution is 5.99. The van der Waals surface area contributed by atoms with Gasteiger partial charge in [-0.05, 0) is 25.5 Å². The Hall–Kier alpha value is -2.34. The minimum Gasteiger partial charge on any atom is -0.331 e. The molecule has 0 atom stereocenters. The molecule has 0 bridgehead atoms. The van der Waals surface area contributed by atoms with Crippen LogP contribution >= 0.6 is 0 Å². The summed E-state index contributed by atoms with van der Waals surface area (Å²) in [6.07, 6.45) is 3.85. The quantitative estimate of drug-likeness (QED) is 0.823. The number of nitrogens with one attached hydrogen (secondary N) is 2. The molecule has 1 heterocycles. The minimum absolute atomic E-state index is 0.369. The Morgan fingerprint density at radius 1 is 1.40 bits per heavy atom. The van der Waals surface area contributed by atoms with E-state index in [1.54, 1.807) is 0 Å². The lowest BCUT2D eigenvalue weighted by Gasteiger charge is -2.21. The van der Waals surface area contributed by atoms with E-state index >= 15 is 0 Å². The molecule has 0 fully saturated rings. The fourth-order valence-corrected chi connectivity index (χ4v) is 1.60. The predicted molar refractivity (Wildman–Crippen MR) is 77.5 cm³/mol. The van der Waals surface area contributed by atoms with Crippen molar-refractivity contribution in [3.63, 3.8) is 0 Å². The van der Waals surface area contributed by atoms with E-state index in [1.807, 2.05) is 38.1 Å². The maximum Gasteiger partial charge on any atom is 0.351 e. The number of aromatic amines is 1. The molecule has 2 rings (SSSR count). The van der Waals surface area contributed by atoms with E-state index in [9.17, 15) is 4.79 Å². The second kappa shape index (κ2) is 6.72. The Morgan fingerprint density at radius 2 is 2.15 bits per heavy atom. The van der Waals surface area contributed by atoms with E-state index in [4.69, 9.17) is 4.84 Å². The van der Waals surface area contributed by atoms with Crippen molar-refractivity contribution in [2.24, 2.45) is 0 Å². The fourth-order valence-electron chi connectivity index (χ4n) is 1.60. The maximum atomic E-state index is 12.2. The van der Waals surface area contributed by atoms with Gasteiger partial charge < -0.3 is 4.98 Å². The highest BCUT2D eigenvalue weighted by Crippen LogP contribution is 2.17. The first-order valence-corrected chi connectivity index (χ1v) is 6.49. The molecule has 0 saturated carbocycles. The molecule has 2 amide bonds. The number of nitrogens with zero attached hydrogens (tertiary/aromatic N) is 2. The SMILES string of the molecule is CCCON(C(=O)Nc1cnc[nH]1)c1ccc(C)cc1. The van der Waals surface area contributed by atoms with Gasteiger partial charge in [0.05, 0.1) is 24.8 Å². The monoisotopic (exact) mass is 274 g/mol. The molecule has 20 heavy (non-hydrogen) atoms. The van der Waals surface area contributed by atoms with Crippen molar-refractivity contribution < 1.29 is 9.63 Å². The third-order valence-electron chi connectivity index (χ3n) is 2.62. The van der Waals surface area contributed by atoms with Gasteiger partial charge in [0.2, 0.25) is 0 Å². The van der Waals surface area contributed by atoms with Crippen LogP contribution in [-0.4, -0.2) is 22.6 Å². The predicted octanol–water partition coefficient (Wildman–Crippen LogP) is 3.10. The molecule has 2 aromatic rings. The molecule has 0 unspecified atom stereocenters. The normalized spacial score (nSPS) is 10.3. The lowest BCUT2D eigenvalue weighted by molar-refractivity contribution is 0.122. The van der Waals surface area contributed by atoms with Crippen LogP contribution in [0.1, 0.15) is 18.9 Å². The van der Waals surface area contributed by atoms with Gasteiger partial charge in [0.1, 0.15) is 5.82 Å². The van der Waals surface area contributed by atoms with Gasteiger partial charge in [0.15, 0.2) is 0 Å². The number of aryl methyl sites for hydroxylation is 1. The van der Waals surface area contributed by atoms with E-state index in [2.05, 4.69) is 15.3 Å². The summed E-state index contributed by atoms with van der Waals surface area (Å²) in [5.74, 6) is 0.521. The van der Waals surface area contributed by atoms with Crippen molar-refractivity contribution >= 4 is 17.5 Å². The van der Waals surface area contributed by atoms with E-state index in [1.165, 1.54) is 17.6 Å². The zero-order chi connectivity index (χ0) is 14.4. The molecule has 0 radical (unpaired) electrons. The molecular formula is C14H18N4O2. The molecule has 1 aromatic heterocycles. The highest BCUT2D eigenvalue weighted by atomic mass is 16.7. The summed E-state index contributed by atoms with van der Waals surface area (Å²) in [5, 5.41) is 3.94. The first-order valence-electron chi connectivity index (χ1n) is 6.49. The number of amides is 2. The van der Waals surface area contributed by atoms with Crippen LogP contribution in [0, 0.1) is 6.92 Å². The van der Waals surface area contributed by atoms with Crippen LogP contribution < -0.4 is 10.4 Å². The summed E-state index contributed by atoms with van der Waals surface area (Å²) in [4.78, 5) is 24.4. The molecule has 0 saturated heterocycles. The second-order valence-electron chi connectivity index (χ2n) is 4.36. The van der Waals surface area contributed by atoms with Crippen LogP contribution in [-0.2, 0) is 4.84 Å². The number of imidazole rings is 1. The maximum absolute atomic E-state index is 12.2. The number of carbonyl (C=O) groups excluding carboxylic acids is 1. The molecule has 1 aromatic carbocycles. The zero-order valence-electron chi connectivity index (χ0n) is 11.6. The summed E-state index contributed by atoms with van der Waals surface area (Å²) in [6, 6.07) is 7.18. The highest BCUT2D eigenvalue weighted by Gasteiger charge is 2.17. The molecular weight excluding hydrogens is 256 g/mol. The second-order valence-corrected chi connectivity index (χ2v) is 4.36. The molecule has 0 aliphatic carbocycles. The number of urea groups is 1. The van der Waals surface area contributed by atoms with Crippen LogP contribution in [0.3, 0.4) is 0 Å². The summed E-state index contributed by atoms with van der Waals surface area (Å²) in [7, 11) is 0. The number of H-pyrrole nitrogens is 1. The molecule has 0 aliphatic rings. The molecule has 0 aliphatic heterocycles. The molecule has 6 heteroatoms. The molecule has 0 spiro atoms. The molecule has 6 nitrogen and oxygen atoms in total. The zero-order valence-corrected chi connectivity index (χ0v) is 11.6. The average molecular weight is 274 g/mol. The largest absolute Gasteiger partial charge is 0.351 e. The Balaban J connectivity index is 2.13. The van der Waals surface area contributed by atoms with Crippen LogP contribution in [0.2, 0.25) is 0 Å². The Morgan fingerprint density at radius 3 is 2.75 bits per heavy atom. The molecule has 2 N–H and O–H groups in total. The van der Waals surface area contributed by atoms with Crippen molar-refractivity contribution in [3.8, 4) is 0 Å². The van der Waals surface area contributed by atoms with Crippen molar-refractivity contribution in [2.75, 3.05) is 17.0 Å². The number of benzene rings is 1. The lowest BCUT2D eigenvalue weighted by atomic mass is 10.2. The third kappa shape index (κ3) is 3.58. The van der Waals surface area contributed by atoms with Crippen LogP contribution in [0.15, 0.2) is 36.8 Å². The van der Waals surface area contributed by atoms with Crippen LogP contribution in [0.25, 0.3) is 0 Å². The van der Waals surface area contributed by atoms with Crippen molar-refractivity contribution in [3.05, 3.63) is 42.4 Å². The number of hydrogen-bond donors (Lipinski definition) is 2. The number of hydroxylamine groups is 1. The number of aromatic nitrogens is 2. The average Bonchev–Trinajstić information content (AvgIpc) is 2.94. The van der Waals surface area contributed by atoms with Gasteiger partial charge in [-0.15, -0.1) is 0 Å². The summed E-state index contributed by atoms with van der Waals surface area (Å²) < 4.78 is 0. The Bertz CT molecular complexity index is 537. The summed E-state index contributed by atoms with van der Waals surface area (Å²) >= 11 is 0. The van der Waals surface area contributed by atoms with Gasteiger partial charge in [-0.1, -0.05) is 24.6 Å².